The average Bonchev–Trinajstić information content (AvgIpc) is 2.38. The minimum absolute atomic E-state index is 0.0238. The molecule has 0 saturated carbocycles. The predicted molar refractivity (Wildman–Crippen MR) is 80.8 cm³/mol. The van der Waals surface area contributed by atoms with Crippen LogP contribution in [0.15, 0.2) is 36.7 Å². The number of carbonyl (C=O) groups is 1. The molecule has 1 unspecified atom stereocenters. The van der Waals surface area contributed by atoms with Gasteiger partial charge in [-0.3, -0.25) is 9.78 Å². The molecule has 1 amide bonds. The molecule has 0 aliphatic heterocycles. The van der Waals surface area contributed by atoms with Crippen molar-refractivity contribution in [3.05, 3.63) is 64.5 Å². The first-order valence-electron chi connectivity index (χ1n) is 6.77. The van der Waals surface area contributed by atoms with Gasteiger partial charge in [-0.05, 0) is 56.5 Å². The Morgan fingerprint density at radius 3 is 2.20 bits per heavy atom. The van der Waals surface area contributed by atoms with Gasteiger partial charge in [-0.1, -0.05) is 17.7 Å². The predicted octanol–water partition coefficient (Wildman–Crippen LogP) is 3.50. The number of aromatic nitrogens is 1. The molecule has 2 aromatic rings. The van der Waals surface area contributed by atoms with Crippen LogP contribution in [0, 0.1) is 20.8 Å². The zero-order valence-electron chi connectivity index (χ0n) is 12.4. The van der Waals surface area contributed by atoms with E-state index in [1.54, 1.807) is 12.4 Å². The summed E-state index contributed by atoms with van der Waals surface area (Å²) in [5.74, 6) is -0.0238. The van der Waals surface area contributed by atoms with Crippen molar-refractivity contribution in [2.75, 3.05) is 0 Å². The lowest BCUT2D eigenvalue weighted by molar-refractivity contribution is 0.0938. The molecule has 0 bridgehead atoms. The summed E-state index contributed by atoms with van der Waals surface area (Å²) in [4.78, 5) is 16.4. The lowest BCUT2D eigenvalue weighted by Crippen LogP contribution is -2.28. The number of benzene rings is 1. The van der Waals surface area contributed by atoms with Crippen molar-refractivity contribution in [3.8, 4) is 0 Å². The second kappa shape index (κ2) is 5.87. The maximum Gasteiger partial charge on any atom is 0.252 e. The van der Waals surface area contributed by atoms with E-state index in [0.717, 1.165) is 22.3 Å². The second-order valence-electron chi connectivity index (χ2n) is 5.25. The third-order valence-corrected chi connectivity index (χ3v) is 3.46. The topological polar surface area (TPSA) is 42.0 Å². The Balaban J connectivity index is 2.21. The highest BCUT2D eigenvalue weighted by Crippen LogP contribution is 2.18. The van der Waals surface area contributed by atoms with Crippen molar-refractivity contribution in [2.24, 2.45) is 0 Å². The Hall–Kier alpha value is -2.16. The Morgan fingerprint density at radius 1 is 1.10 bits per heavy atom. The molecule has 0 saturated heterocycles. The largest absolute Gasteiger partial charge is 0.345 e. The first kappa shape index (κ1) is 14.3. The van der Waals surface area contributed by atoms with Crippen molar-refractivity contribution in [2.45, 2.75) is 33.7 Å². The molecule has 1 aromatic carbocycles. The van der Waals surface area contributed by atoms with E-state index in [0.29, 0.717) is 0 Å². The molecule has 1 atom stereocenters. The third kappa shape index (κ3) is 3.05. The van der Waals surface area contributed by atoms with Crippen LogP contribution in [0.1, 0.15) is 45.6 Å². The molecule has 3 nitrogen and oxygen atoms in total. The van der Waals surface area contributed by atoms with E-state index in [-0.39, 0.29) is 11.9 Å². The van der Waals surface area contributed by atoms with Gasteiger partial charge in [-0.2, -0.15) is 0 Å². The minimum atomic E-state index is -0.0365. The molecular weight excluding hydrogens is 248 g/mol. The van der Waals surface area contributed by atoms with E-state index in [4.69, 9.17) is 0 Å². The zero-order valence-corrected chi connectivity index (χ0v) is 12.4. The number of nitrogens with zero attached hydrogens (tertiary/aromatic N) is 1. The summed E-state index contributed by atoms with van der Waals surface area (Å²) in [5, 5.41) is 3.05. The van der Waals surface area contributed by atoms with Gasteiger partial charge in [0, 0.05) is 18.0 Å². The lowest BCUT2D eigenvalue weighted by atomic mass is 9.98. The highest BCUT2D eigenvalue weighted by atomic mass is 16.1. The standard InChI is InChI=1S/C17H20N2O/c1-11-9-12(2)16(13(3)10-11)17(20)19-14(4)15-5-7-18-8-6-15/h5-10,14H,1-4H3,(H,19,20). The SMILES string of the molecule is Cc1cc(C)c(C(=O)NC(C)c2ccncc2)c(C)c1. The summed E-state index contributed by atoms with van der Waals surface area (Å²) in [6, 6.07) is 7.88. The molecule has 0 fully saturated rings. The van der Waals surface area contributed by atoms with Gasteiger partial charge in [0.2, 0.25) is 0 Å². The van der Waals surface area contributed by atoms with E-state index < -0.39 is 0 Å². The Labute approximate surface area is 120 Å². The van der Waals surface area contributed by atoms with Gasteiger partial charge in [0.1, 0.15) is 0 Å². The molecular formula is C17H20N2O. The molecule has 20 heavy (non-hydrogen) atoms. The first-order valence-corrected chi connectivity index (χ1v) is 6.77. The number of hydrogen-bond acceptors (Lipinski definition) is 2. The molecule has 0 aliphatic carbocycles. The van der Waals surface area contributed by atoms with Crippen molar-refractivity contribution in [3.63, 3.8) is 0 Å². The van der Waals surface area contributed by atoms with Gasteiger partial charge < -0.3 is 5.32 Å². The van der Waals surface area contributed by atoms with E-state index >= 15 is 0 Å². The summed E-state index contributed by atoms with van der Waals surface area (Å²) >= 11 is 0. The van der Waals surface area contributed by atoms with Crippen molar-refractivity contribution in [1.29, 1.82) is 0 Å². The van der Waals surface area contributed by atoms with Gasteiger partial charge >= 0.3 is 0 Å². The zero-order chi connectivity index (χ0) is 14.7. The highest BCUT2D eigenvalue weighted by Gasteiger charge is 2.15. The molecule has 3 heteroatoms. The average molecular weight is 268 g/mol. The number of rotatable bonds is 3. The molecule has 1 aromatic heterocycles. The minimum Gasteiger partial charge on any atom is -0.345 e. The highest BCUT2D eigenvalue weighted by molar-refractivity contribution is 5.97. The van der Waals surface area contributed by atoms with Gasteiger partial charge in [-0.25, -0.2) is 0 Å². The van der Waals surface area contributed by atoms with Gasteiger partial charge in [-0.15, -0.1) is 0 Å². The molecule has 1 heterocycles. The van der Waals surface area contributed by atoms with Crippen LogP contribution in [0.25, 0.3) is 0 Å². The Kier molecular flexibility index (Phi) is 4.18. The van der Waals surface area contributed by atoms with Crippen molar-refractivity contribution < 1.29 is 4.79 Å². The summed E-state index contributed by atoms with van der Waals surface area (Å²) in [6.45, 7) is 7.98. The quantitative estimate of drug-likeness (QED) is 0.925. The van der Waals surface area contributed by atoms with E-state index in [9.17, 15) is 4.79 Å². The van der Waals surface area contributed by atoms with Crippen molar-refractivity contribution >= 4 is 5.91 Å². The van der Waals surface area contributed by atoms with Crippen LogP contribution in [-0.2, 0) is 0 Å². The Bertz CT molecular complexity index is 597. The molecule has 104 valence electrons. The van der Waals surface area contributed by atoms with Crippen molar-refractivity contribution in [1.82, 2.24) is 10.3 Å². The van der Waals surface area contributed by atoms with Crippen LogP contribution in [0.2, 0.25) is 0 Å². The normalized spacial score (nSPS) is 12.0. The number of carbonyl (C=O) groups excluding carboxylic acids is 1. The molecule has 2 rings (SSSR count). The maximum absolute atomic E-state index is 12.5. The fraction of sp³-hybridized carbons (Fsp3) is 0.294. The van der Waals surface area contributed by atoms with Crippen LogP contribution in [0.5, 0.6) is 0 Å². The lowest BCUT2D eigenvalue weighted by Gasteiger charge is -2.17. The maximum atomic E-state index is 12.5. The Morgan fingerprint density at radius 2 is 1.65 bits per heavy atom. The van der Waals surface area contributed by atoms with Crippen LogP contribution in [0.3, 0.4) is 0 Å². The molecule has 1 N–H and O–H groups in total. The summed E-state index contributed by atoms with van der Waals surface area (Å²) in [6.07, 6.45) is 3.47. The summed E-state index contributed by atoms with van der Waals surface area (Å²) < 4.78 is 0. The summed E-state index contributed by atoms with van der Waals surface area (Å²) in [7, 11) is 0. The summed E-state index contributed by atoms with van der Waals surface area (Å²) in [5.41, 5.74) is 5.04. The molecule has 0 spiro atoms. The van der Waals surface area contributed by atoms with E-state index in [1.165, 1.54) is 5.56 Å². The smallest absolute Gasteiger partial charge is 0.252 e. The molecule has 0 aliphatic rings. The fourth-order valence-electron chi connectivity index (χ4n) is 2.54. The van der Waals surface area contributed by atoms with Crippen LogP contribution < -0.4 is 5.32 Å². The number of pyridine rings is 1. The van der Waals surface area contributed by atoms with Gasteiger partial charge in [0.05, 0.1) is 6.04 Å². The number of aryl methyl sites for hydroxylation is 3. The number of hydrogen-bond donors (Lipinski definition) is 1. The van der Waals surface area contributed by atoms with E-state index in [2.05, 4.69) is 10.3 Å². The van der Waals surface area contributed by atoms with Gasteiger partial charge in [0.25, 0.3) is 5.91 Å². The first-order chi connectivity index (χ1) is 9.49. The molecule has 0 radical (unpaired) electrons. The number of nitrogens with one attached hydrogen (secondary N) is 1. The van der Waals surface area contributed by atoms with Crippen LogP contribution >= 0.6 is 0 Å². The monoisotopic (exact) mass is 268 g/mol. The second-order valence-corrected chi connectivity index (χ2v) is 5.25. The third-order valence-electron chi connectivity index (χ3n) is 3.46. The number of amides is 1. The van der Waals surface area contributed by atoms with Crippen LogP contribution in [-0.4, -0.2) is 10.9 Å². The van der Waals surface area contributed by atoms with Gasteiger partial charge in [0.15, 0.2) is 0 Å². The fourth-order valence-corrected chi connectivity index (χ4v) is 2.54. The van der Waals surface area contributed by atoms with Crippen LogP contribution in [0.4, 0.5) is 0 Å². The van der Waals surface area contributed by atoms with E-state index in [1.807, 2.05) is 52.0 Å².